The van der Waals surface area contributed by atoms with Crippen molar-refractivity contribution in [2.75, 3.05) is 0 Å². The Morgan fingerprint density at radius 3 is 1.70 bits per heavy atom. The van der Waals surface area contributed by atoms with Gasteiger partial charge in [0, 0.05) is 11.8 Å². The number of oxime groups is 2. The van der Waals surface area contributed by atoms with Gasteiger partial charge in [-0.2, -0.15) is 0 Å². The van der Waals surface area contributed by atoms with Crippen LogP contribution in [-0.2, 0) is 0 Å². The van der Waals surface area contributed by atoms with Gasteiger partial charge in [-0.3, -0.25) is 0 Å². The van der Waals surface area contributed by atoms with Crippen molar-refractivity contribution in [1.82, 2.24) is 0 Å². The van der Waals surface area contributed by atoms with E-state index >= 15 is 0 Å². The maximum atomic E-state index is 9.41. The molecule has 5 fully saturated rings. The molecule has 0 spiro atoms. The summed E-state index contributed by atoms with van der Waals surface area (Å²) in [6.07, 6.45) is 6.75. The average molecular weight is 270 g/mol. The Hall–Kier alpha value is -1.32. The van der Waals surface area contributed by atoms with E-state index in [1.165, 1.54) is 0 Å². The van der Waals surface area contributed by atoms with Crippen molar-refractivity contribution in [3.63, 3.8) is 0 Å². The monoisotopic (exact) mass is 270 g/mol. The van der Waals surface area contributed by atoms with Crippen LogP contribution < -0.4 is 0 Å². The van der Waals surface area contributed by atoms with Gasteiger partial charge in [0.25, 0.3) is 0 Å². The Balaban J connectivity index is 1.60. The quantitative estimate of drug-likeness (QED) is 0.403. The number of rotatable bonds is 0. The van der Waals surface area contributed by atoms with Crippen LogP contribution in [0.3, 0.4) is 0 Å². The van der Waals surface area contributed by atoms with Gasteiger partial charge in [-0.05, 0) is 60.2 Å². The Morgan fingerprint density at radius 2 is 1.25 bits per heavy atom. The summed E-state index contributed by atoms with van der Waals surface area (Å²) in [6, 6.07) is 0. The number of hydrogen-bond acceptors (Lipinski definition) is 4. The molecule has 4 nitrogen and oxygen atoms in total. The lowest BCUT2D eigenvalue weighted by Gasteiger charge is -2.21. The van der Waals surface area contributed by atoms with E-state index in [0.29, 0.717) is 35.5 Å². The second-order valence-corrected chi connectivity index (χ2v) is 7.82. The molecule has 6 rings (SSSR count). The van der Waals surface area contributed by atoms with Gasteiger partial charge in [-0.15, -0.1) is 0 Å². The van der Waals surface area contributed by atoms with E-state index in [9.17, 15) is 10.4 Å². The molecule has 0 heterocycles. The highest BCUT2D eigenvalue weighted by atomic mass is 16.4. The predicted molar refractivity (Wildman–Crippen MR) is 71.7 cm³/mol. The van der Waals surface area contributed by atoms with E-state index in [1.54, 1.807) is 0 Å². The molecule has 0 aliphatic heterocycles. The zero-order valence-electron chi connectivity index (χ0n) is 11.1. The smallest absolute Gasteiger partial charge is 0.0613 e. The second-order valence-electron chi connectivity index (χ2n) is 7.82. The fourth-order valence-electron chi connectivity index (χ4n) is 7.87. The number of allylic oxidation sites excluding steroid dienone is 2. The molecule has 2 N–H and O–H groups in total. The van der Waals surface area contributed by atoms with Crippen LogP contribution in [0, 0.1) is 59.2 Å². The number of nitrogens with zero attached hydrogens (tertiary/aromatic N) is 2. The van der Waals surface area contributed by atoms with E-state index in [4.69, 9.17) is 0 Å². The van der Waals surface area contributed by atoms with Crippen LogP contribution in [0.4, 0.5) is 0 Å². The molecule has 6 aliphatic carbocycles. The Morgan fingerprint density at radius 1 is 0.750 bits per heavy atom. The van der Waals surface area contributed by atoms with Gasteiger partial charge in [0.05, 0.1) is 11.4 Å². The first kappa shape index (κ1) is 10.4. The highest BCUT2D eigenvalue weighted by Crippen LogP contribution is 2.77. The Kier molecular flexibility index (Phi) is 1.55. The molecule has 2 unspecified atom stereocenters. The van der Waals surface area contributed by atoms with Gasteiger partial charge in [0.2, 0.25) is 0 Å². The summed E-state index contributed by atoms with van der Waals surface area (Å²) in [5.41, 5.74) is 2.13. The third-order valence-corrected chi connectivity index (χ3v) is 7.89. The van der Waals surface area contributed by atoms with Gasteiger partial charge in [-0.25, -0.2) is 0 Å². The number of hydrogen-bond donors (Lipinski definition) is 2. The minimum Gasteiger partial charge on any atom is -0.411 e. The van der Waals surface area contributed by atoms with Crippen molar-refractivity contribution in [3.8, 4) is 0 Å². The van der Waals surface area contributed by atoms with Crippen molar-refractivity contribution in [2.24, 2.45) is 69.5 Å². The molecule has 0 bridgehead atoms. The summed E-state index contributed by atoms with van der Waals surface area (Å²) in [4.78, 5) is 0. The number of fused-ring (bicyclic) bond motifs is 3. The van der Waals surface area contributed by atoms with Crippen molar-refractivity contribution in [3.05, 3.63) is 12.2 Å². The van der Waals surface area contributed by atoms with Crippen LogP contribution in [0.25, 0.3) is 0 Å². The van der Waals surface area contributed by atoms with Crippen molar-refractivity contribution in [2.45, 2.75) is 12.8 Å². The molecule has 0 saturated heterocycles. The molecule has 0 amide bonds. The van der Waals surface area contributed by atoms with Gasteiger partial charge >= 0.3 is 0 Å². The summed E-state index contributed by atoms with van der Waals surface area (Å²) in [5.74, 6) is 6.63. The topological polar surface area (TPSA) is 65.2 Å². The minimum absolute atomic E-state index is 0.516. The molecule has 104 valence electrons. The zero-order chi connectivity index (χ0) is 13.2. The van der Waals surface area contributed by atoms with Crippen LogP contribution in [0.5, 0.6) is 0 Å². The first-order valence-corrected chi connectivity index (χ1v) is 7.95. The molecule has 0 radical (unpaired) electrons. The van der Waals surface area contributed by atoms with E-state index in [0.717, 1.165) is 47.9 Å². The molecule has 10 atom stereocenters. The average Bonchev–Trinajstić information content (AvgIpc) is 3.18. The third kappa shape index (κ3) is 0.798. The standard InChI is InChI=1S/C16H18N2O2/c19-17-9-3-7-8-4-10(18-20)13-6-2-1-5-11(6)16(15(8)13)14(7)12(5)9/h1-2,5-8,11-16,19-20H,3-4H2/b17-9-,18-10-/t5-,6+,7+,8-,11?,12-,13-,14-,15-,16?/m0/s1. The summed E-state index contributed by atoms with van der Waals surface area (Å²) < 4.78 is 0. The van der Waals surface area contributed by atoms with E-state index in [-0.39, 0.29) is 0 Å². The van der Waals surface area contributed by atoms with Crippen LogP contribution >= 0.6 is 0 Å². The maximum absolute atomic E-state index is 9.41. The molecule has 5 saturated carbocycles. The lowest BCUT2D eigenvalue weighted by atomic mass is 9.83. The normalized spacial score (nSPS) is 67.0. The molecule has 0 aromatic heterocycles. The van der Waals surface area contributed by atoms with Crippen LogP contribution in [0.15, 0.2) is 22.5 Å². The molecule has 4 heteroatoms. The van der Waals surface area contributed by atoms with Crippen LogP contribution in [0.2, 0.25) is 0 Å². The Bertz CT molecular complexity index is 560. The first-order chi connectivity index (χ1) is 9.85. The maximum Gasteiger partial charge on any atom is 0.0613 e. The summed E-state index contributed by atoms with van der Waals surface area (Å²) in [7, 11) is 0. The zero-order valence-corrected chi connectivity index (χ0v) is 11.1. The van der Waals surface area contributed by atoms with Gasteiger partial charge in [-0.1, -0.05) is 22.5 Å². The molecule has 20 heavy (non-hydrogen) atoms. The second kappa shape index (κ2) is 2.97. The molecule has 0 aromatic carbocycles. The van der Waals surface area contributed by atoms with Crippen molar-refractivity contribution >= 4 is 11.4 Å². The van der Waals surface area contributed by atoms with Gasteiger partial charge in [0.1, 0.15) is 0 Å². The largest absolute Gasteiger partial charge is 0.411 e. The molecular formula is C16H18N2O2. The summed E-state index contributed by atoms with van der Waals surface area (Å²) in [6.45, 7) is 0. The van der Waals surface area contributed by atoms with Crippen molar-refractivity contribution in [1.29, 1.82) is 0 Å². The van der Waals surface area contributed by atoms with Crippen LogP contribution in [-0.4, -0.2) is 21.8 Å². The van der Waals surface area contributed by atoms with Gasteiger partial charge in [0.15, 0.2) is 0 Å². The molecule has 0 aromatic rings. The van der Waals surface area contributed by atoms with E-state index in [2.05, 4.69) is 22.5 Å². The minimum atomic E-state index is 0.516. The fourth-order valence-corrected chi connectivity index (χ4v) is 7.87. The lowest BCUT2D eigenvalue weighted by Crippen LogP contribution is -2.23. The lowest BCUT2D eigenvalue weighted by molar-refractivity contribution is 0.304. The predicted octanol–water partition coefficient (Wildman–Crippen LogP) is 2.23. The first-order valence-electron chi connectivity index (χ1n) is 7.95. The fraction of sp³-hybridized carbons (Fsp3) is 0.750. The molecule has 6 aliphatic rings. The SMILES string of the molecule is O/N=C1/C[C@H]2[C@H]3C/C(=N/O)[C@H]4[C@H]3C3C5[C@@H](C=C[C@@H]54)[C@@H]1[C@@H]32. The Labute approximate surface area is 117 Å². The third-order valence-electron chi connectivity index (χ3n) is 7.89. The molecular weight excluding hydrogens is 252 g/mol. The summed E-state index contributed by atoms with van der Waals surface area (Å²) >= 11 is 0. The van der Waals surface area contributed by atoms with Gasteiger partial charge < -0.3 is 10.4 Å². The highest BCUT2D eigenvalue weighted by Gasteiger charge is 2.76. The van der Waals surface area contributed by atoms with Crippen molar-refractivity contribution < 1.29 is 10.4 Å². The van der Waals surface area contributed by atoms with Crippen LogP contribution in [0.1, 0.15) is 12.8 Å². The van der Waals surface area contributed by atoms with E-state index in [1.807, 2.05) is 0 Å². The summed E-state index contributed by atoms with van der Waals surface area (Å²) in [5, 5.41) is 26.2. The van der Waals surface area contributed by atoms with E-state index < -0.39 is 0 Å². The highest BCUT2D eigenvalue weighted by molar-refractivity contribution is 5.94.